The van der Waals surface area contributed by atoms with E-state index in [0.29, 0.717) is 45.4 Å². The molecule has 5 aromatic rings. The topological polar surface area (TPSA) is 173 Å². The number of aliphatic hydroxyl groups is 2. The molecule has 3 aromatic carbocycles. The van der Waals surface area contributed by atoms with Gasteiger partial charge in [0.25, 0.3) is 0 Å². The zero-order valence-corrected chi connectivity index (χ0v) is 42.1. The number of hydrogen-bond acceptors (Lipinski definition) is 8. The first-order valence-corrected chi connectivity index (χ1v) is 24.2. The number of nitrogens with one attached hydrogen (secondary N) is 4. The molecule has 1 saturated heterocycles. The van der Waals surface area contributed by atoms with E-state index in [1.54, 1.807) is 39.9 Å². The van der Waals surface area contributed by atoms with Gasteiger partial charge in [0.15, 0.2) is 0 Å². The Bertz CT molecular complexity index is 2550. The largest absolute Gasteiger partial charge is 0.395 e. The van der Waals surface area contributed by atoms with Crippen LogP contribution in [0, 0.1) is 10.8 Å². The van der Waals surface area contributed by atoms with E-state index < -0.39 is 35.0 Å². The third kappa shape index (κ3) is 11.3. The van der Waals surface area contributed by atoms with E-state index in [1.165, 1.54) is 0 Å². The van der Waals surface area contributed by atoms with Crippen molar-refractivity contribution in [1.29, 1.82) is 0 Å². The molecule has 3 heterocycles. The Morgan fingerprint density at radius 3 is 1.88 bits per heavy atom. The maximum absolute atomic E-state index is 15.0. The average Bonchev–Trinajstić information content (AvgIpc) is 3.99. The Hall–Kier alpha value is -5.54. The lowest BCUT2D eigenvalue weighted by molar-refractivity contribution is -0.140. The molecule has 68 heavy (non-hydrogen) atoms. The second kappa shape index (κ2) is 21.8. The molecule has 6 rings (SSSR count). The predicted molar refractivity (Wildman–Crippen MR) is 271 cm³/mol. The first-order valence-electron chi connectivity index (χ1n) is 24.2. The Balaban J connectivity index is 1.34. The number of hydrogen-bond donors (Lipinski definition) is 6. The number of nitrogens with zero attached hydrogens (tertiary/aromatic N) is 4. The maximum atomic E-state index is 15.0. The Morgan fingerprint density at radius 1 is 0.750 bits per heavy atom. The second-order valence-electron chi connectivity index (χ2n) is 20.9. The summed E-state index contributed by atoms with van der Waals surface area (Å²) in [4.78, 5) is 59.0. The maximum Gasteiger partial charge on any atom is 0.245 e. The summed E-state index contributed by atoms with van der Waals surface area (Å²) in [7, 11) is 5.23. The third-order valence-corrected chi connectivity index (χ3v) is 13.9. The van der Waals surface area contributed by atoms with Crippen LogP contribution in [0.2, 0.25) is 0 Å². The Kier molecular flexibility index (Phi) is 16.6. The van der Waals surface area contributed by atoms with E-state index in [-0.39, 0.29) is 48.8 Å². The van der Waals surface area contributed by atoms with Crippen LogP contribution in [0.25, 0.3) is 33.1 Å². The molecular weight excluding hydrogens is 857 g/mol. The van der Waals surface area contributed by atoms with Gasteiger partial charge in [0, 0.05) is 73.2 Å². The van der Waals surface area contributed by atoms with Gasteiger partial charge in [-0.05, 0) is 92.4 Å². The zero-order chi connectivity index (χ0) is 49.7. The van der Waals surface area contributed by atoms with Crippen molar-refractivity contribution in [3.8, 4) is 11.3 Å². The van der Waals surface area contributed by atoms with Crippen LogP contribution in [0.3, 0.4) is 0 Å². The van der Waals surface area contributed by atoms with Gasteiger partial charge in [0.2, 0.25) is 23.6 Å². The van der Waals surface area contributed by atoms with Gasteiger partial charge in [0.05, 0.1) is 31.0 Å². The van der Waals surface area contributed by atoms with Crippen molar-refractivity contribution in [3.05, 3.63) is 95.7 Å². The molecule has 4 amide bonds. The van der Waals surface area contributed by atoms with Crippen molar-refractivity contribution in [2.75, 3.05) is 47.4 Å². The fourth-order valence-corrected chi connectivity index (χ4v) is 9.73. The van der Waals surface area contributed by atoms with Gasteiger partial charge in [0.1, 0.15) is 12.1 Å². The van der Waals surface area contributed by atoms with Crippen molar-refractivity contribution in [2.24, 2.45) is 10.8 Å². The lowest BCUT2D eigenvalue weighted by Gasteiger charge is -2.36. The number of likely N-dealkylation sites (N-methyl/N-ethyl adjacent to an activating group) is 3. The summed E-state index contributed by atoms with van der Waals surface area (Å²) in [5.41, 5.74) is 6.12. The molecule has 1 fully saturated rings. The summed E-state index contributed by atoms with van der Waals surface area (Å²) in [5.74, 6) is -0.737. The number of amides is 4. The predicted octanol–water partition coefficient (Wildman–Crippen LogP) is 5.45. The summed E-state index contributed by atoms with van der Waals surface area (Å²) < 4.78 is 4.24. The van der Waals surface area contributed by atoms with Crippen molar-refractivity contribution < 1.29 is 29.4 Å². The van der Waals surface area contributed by atoms with Crippen molar-refractivity contribution in [2.45, 2.75) is 124 Å². The van der Waals surface area contributed by atoms with Gasteiger partial charge < -0.3 is 50.4 Å². The van der Waals surface area contributed by atoms with Crippen LogP contribution in [0.15, 0.2) is 79.0 Å². The van der Waals surface area contributed by atoms with Crippen LogP contribution >= 0.6 is 0 Å². The molecule has 368 valence electrons. The highest BCUT2D eigenvalue weighted by Crippen LogP contribution is 2.39. The summed E-state index contributed by atoms with van der Waals surface area (Å²) >= 11 is 0. The molecule has 6 atom stereocenters. The molecule has 1 aliphatic rings. The smallest absolute Gasteiger partial charge is 0.245 e. The van der Waals surface area contributed by atoms with Gasteiger partial charge >= 0.3 is 0 Å². The first-order chi connectivity index (χ1) is 32.2. The molecule has 0 saturated carbocycles. The Labute approximate surface area is 402 Å². The van der Waals surface area contributed by atoms with Crippen LogP contribution < -0.4 is 21.3 Å². The summed E-state index contributed by atoms with van der Waals surface area (Å²) in [6.07, 6.45) is 3.95. The summed E-state index contributed by atoms with van der Waals surface area (Å²) in [5, 5.41) is 34.5. The van der Waals surface area contributed by atoms with E-state index in [4.69, 9.17) is 0 Å². The van der Waals surface area contributed by atoms with Crippen LogP contribution in [0.1, 0.15) is 84.4 Å². The number of rotatable bonds is 19. The van der Waals surface area contributed by atoms with Gasteiger partial charge in [-0.15, -0.1) is 0 Å². The average molecular weight is 933 g/mol. The molecular formula is C54H76N8O6. The summed E-state index contributed by atoms with van der Waals surface area (Å²) in [6, 6.07) is 22.3. The lowest BCUT2D eigenvalue weighted by atomic mass is 9.85. The first kappa shape index (κ1) is 51.8. The Morgan fingerprint density at radius 2 is 1.31 bits per heavy atom. The fourth-order valence-electron chi connectivity index (χ4n) is 9.73. The van der Waals surface area contributed by atoms with Crippen LogP contribution in [0.5, 0.6) is 0 Å². The molecule has 0 aliphatic carbocycles. The number of para-hydroxylation sites is 2. The number of carbonyl (C=O) groups is 4. The number of aromatic nitrogens is 2. The number of fused-ring (bicyclic) bond motifs is 2. The monoisotopic (exact) mass is 933 g/mol. The van der Waals surface area contributed by atoms with E-state index in [0.717, 1.165) is 49.8 Å². The number of likely N-dealkylation sites (tertiary alicyclic amines) is 1. The second-order valence-corrected chi connectivity index (χ2v) is 20.9. The minimum atomic E-state index is -0.758. The molecule has 14 heteroatoms. The molecule has 2 aromatic heterocycles. The minimum Gasteiger partial charge on any atom is -0.395 e. The summed E-state index contributed by atoms with van der Waals surface area (Å²) in [6.45, 7) is 17.0. The third-order valence-electron chi connectivity index (χ3n) is 13.9. The van der Waals surface area contributed by atoms with Gasteiger partial charge in [-0.3, -0.25) is 19.2 Å². The normalized spacial score (nSPS) is 17.3. The van der Waals surface area contributed by atoms with E-state index in [9.17, 15) is 29.4 Å². The highest BCUT2D eigenvalue weighted by molar-refractivity contribution is 5.93. The lowest BCUT2D eigenvalue weighted by Crippen LogP contribution is -2.58. The van der Waals surface area contributed by atoms with Crippen molar-refractivity contribution in [1.82, 2.24) is 40.2 Å². The standard InChI is InChI=1S/C54H76N8O6/c1-34(55-9)49(65)57-47(53(3,4)5)51(67)59(11)25-24-43-42-17-13-15-19-45(42)61(27-29-64)46(43)37-22-20-36(21-23-37)38-30-40(31-39-32-60(26-28-63)44-18-14-12-16-41(39)44)62(33-38)52(68)48(54(6,7)8)58-50(66)35(2)56-10/h12-23,32,34-35,38,40,47-48,55-56,63-64H,24-31,33H2,1-11H3,(H,57,65)(H,58,66)/t34-,35-,38?,40-,47+,48+/m0/s1. The van der Waals surface area contributed by atoms with E-state index >= 15 is 0 Å². The molecule has 6 N–H and O–H groups in total. The highest BCUT2D eigenvalue weighted by atomic mass is 16.3. The van der Waals surface area contributed by atoms with Crippen molar-refractivity contribution >= 4 is 45.4 Å². The van der Waals surface area contributed by atoms with Crippen LogP contribution in [-0.2, 0) is 45.1 Å². The van der Waals surface area contributed by atoms with Gasteiger partial charge in [-0.1, -0.05) is 102 Å². The van der Waals surface area contributed by atoms with Gasteiger partial charge in [-0.2, -0.15) is 0 Å². The molecule has 0 radical (unpaired) electrons. The van der Waals surface area contributed by atoms with Crippen molar-refractivity contribution in [3.63, 3.8) is 0 Å². The zero-order valence-electron chi connectivity index (χ0n) is 42.1. The molecule has 1 aliphatic heterocycles. The van der Waals surface area contributed by atoms with E-state index in [1.807, 2.05) is 70.7 Å². The van der Waals surface area contributed by atoms with E-state index in [2.05, 4.69) is 85.1 Å². The molecule has 0 bridgehead atoms. The highest BCUT2D eigenvalue weighted by Gasteiger charge is 2.43. The number of carbonyl (C=O) groups excluding carboxylic acids is 4. The SMILES string of the molecule is CN[C@@H](C)C(=O)N[C@H](C(=O)N(C)CCc1c(-c2ccc(C3C[C@@H](Cc4cn(CCO)c5ccccc45)N(C(=O)[C@@H](NC(=O)[C@H](C)NC)C(C)(C)C)C3)cc2)n(CCO)c2ccccc12)C(C)(C)C. The molecule has 0 spiro atoms. The number of benzene rings is 3. The fraction of sp³-hybridized carbons (Fsp3) is 0.519. The van der Waals surface area contributed by atoms with Crippen LogP contribution in [-0.4, -0.2) is 130 Å². The van der Waals surface area contributed by atoms with Crippen LogP contribution in [0.4, 0.5) is 0 Å². The minimum absolute atomic E-state index is 0.00567. The van der Waals surface area contributed by atoms with Gasteiger partial charge in [-0.25, -0.2) is 0 Å². The quantitative estimate of drug-likeness (QED) is 0.0635. The number of aliphatic hydroxyl groups excluding tert-OH is 2. The molecule has 14 nitrogen and oxygen atoms in total. The molecule has 1 unspecified atom stereocenters.